The zero-order chi connectivity index (χ0) is 16.1. The molecule has 4 N–H and O–H groups in total. The van der Waals surface area contributed by atoms with Crippen LogP contribution in [0.5, 0.6) is 11.5 Å². The van der Waals surface area contributed by atoms with Crippen molar-refractivity contribution in [1.82, 2.24) is 4.98 Å². The highest BCUT2D eigenvalue weighted by molar-refractivity contribution is 6.17. The van der Waals surface area contributed by atoms with Gasteiger partial charge in [-0.3, -0.25) is 0 Å². The van der Waals surface area contributed by atoms with Crippen molar-refractivity contribution in [2.24, 2.45) is 5.73 Å². The Morgan fingerprint density at radius 2 is 1.95 bits per heavy atom. The van der Waals surface area contributed by atoms with Crippen LogP contribution in [0.25, 0.3) is 0 Å². The summed E-state index contributed by atoms with van der Waals surface area (Å²) in [5.74, 6) is 2.35. The van der Waals surface area contributed by atoms with E-state index in [9.17, 15) is 0 Å². The largest absolute Gasteiger partial charge is 0.497 e. The van der Waals surface area contributed by atoms with Gasteiger partial charge in [0, 0.05) is 24.7 Å². The van der Waals surface area contributed by atoms with Crippen molar-refractivity contribution >= 4 is 19.5 Å². The van der Waals surface area contributed by atoms with Gasteiger partial charge < -0.3 is 25.8 Å². The number of hydrogen-bond donors (Lipinski definition) is 2. The number of rotatable bonds is 6. The Labute approximate surface area is 131 Å². The molecule has 0 amide bonds. The third kappa shape index (κ3) is 3.43. The highest BCUT2D eigenvalue weighted by Gasteiger charge is 2.10. The average molecular weight is 300 g/mol. The van der Waals surface area contributed by atoms with Gasteiger partial charge >= 0.3 is 0 Å². The summed E-state index contributed by atoms with van der Waals surface area (Å²) in [4.78, 5) is 6.50. The topological polar surface area (TPSA) is 86.6 Å². The number of ether oxygens (including phenoxy) is 2. The molecule has 2 aromatic rings. The predicted molar refractivity (Wildman–Crippen MR) is 90.8 cm³/mol. The summed E-state index contributed by atoms with van der Waals surface area (Å²) in [5.41, 5.74) is 13.8. The van der Waals surface area contributed by atoms with Crippen molar-refractivity contribution < 1.29 is 9.47 Å². The predicted octanol–water partition coefficient (Wildman–Crippen LogP) is 0.694. The van der Waals surface area contributed by atoms with E-state index in [-0.39, 0.29) is 0 Å². The minimum absolute atomic E-state index is 0.319. The molecular weight excluding hydrogens is 279 g/mol. The highest BCUT2D eigenvalue weighted by Crippen LogP contribution is 2.26. The minimum Gasteiger partial charge on any atom is -0.497 e. The van der Waals surface area contributed by atoms with Gasteiger partial charge in [0.05, 0.1) is 25.6 Å². The van der Waals surface area contributed by atoms with Crippen molar-refractivity contribution in [2.45, 2.75) is 13.1 Å². The molecule has 0 saturated carbocycles. The number of nitrogens with zero attached hydrogens (tertiary/aromatic N) is 2. The fourth-order valence-electron chi connectivity index (χ4n) is 2.20. The van der Waals surface area contributed by atoms with E-state index in [0.717, 1.165) is 22.9 Å². The normalized spacial score (nSPS) is 10.3. The second kappa shape index (κ2) is 7.04. The van der Waals surface area contributed by atoms with E-state index in [0.29, 0.717) is 24.5 Å². The zero-order valence-electron chi connectivity index (χ0n) is 13.2. The molecule has 1 aromatic carbocycles. The molecular formula is C15H21BN4O2. The Bertz CT molecular complexity index is 651. The summed E-state index contributed by atoms with van der Waals surface area (Å²) < 4.78 is 10.6. The monoisotopic (exact) mass is 300 g/mol. The van der Waals surface area contributed by atoms with Gasteiger partial charge in [-0.25, -0.2) is 4.98 Å². The van der Waals surface area contributed by atoms with Gasteiger partial charge in [-0.1, -0.05) is 0 Å². The smallest absolute Gasteiger partial charge is 0.219 e. The molecule has 1 heterocycles. The van der Waals surface area contributed by atoms with Gasteiger partial charge in [0.1, 0.15) is 17.3 Å². The fourth-order valence-corrected chi connectivity index (χ4v) is 2.20. The average Bonchev–Trinajstić information content (AvgIpc) is 2.55. The van der Waals surface area contributed by atoms with Crippen LogP contribution in [0.4, 0.5) is 11.5 Å². The Morgan fingerprint density at radius 3 is 2.59 bits per heavy atom. The number of nitrogens with two attached hydrogens (primary N) is 2. The number of hydrogen-bond acceptors (Lipinski definition) is 6. The van der Waals surface area contributed by atoms with E-state index in [1.54, 1.807) is 14.2 Å². The van der Waals surface area contributed by atoms with Crippen molar-refractivity contribution in [3.8, 4) is 11.5 Å². The van der Waals surface area contributed by atoms with E-state index in [2.05, 4.69) is 4.98 Å². The molecule has 6 nitrogen and oxygen atoms in total. The fraction of sp³-hybridized carbons (Fsp3) is 0.267. The van der Waals surface area contributed by atoms with Crippen LogP contribution in [-0.2, 0) is 13.1 Å². The van der Waals surface area contributed by atoms with Crippen LogP contribution >= 0.6 is 0 Å². The maximum Gasteiger partial charge on any atom is 0.219 e. The number of nitrogen functional groups attached to an aromatic ring is 1. The molecule has 0 aliphatic carbocycles. The quantitative estimate of drug-likeness (QED) is 0.764. The van der Waals surface area contributed by atoms with Crippen molar-refractivity contribution in [3.05, 3.63) is 41.6 Å². The van der Waals surface area contributed by atoms with Gasteiger partial charge in [-0.05, 0) is 24.3 Å². The summed E-state index contributed by atoms with van der Waals surface area (Å²) in [6.45, 7) is 0.966. The summed E-state index contributed by atoms with van der Waals surface area (Å²) in [7, 11) is 5.24. The van der Waals surface area contributed by atoms with Crippen LogP contribution in [-0.4, -0.2) is 27.2 Å². The van der Waals surface area contributed by atoms with Gasteiger partial charge in [0.2, 0.25) is 7.98 Å². The molecule has 0 aliphatic rings. The Hall–Kier alpha value is -2.41. The number of pyridine rings is 1. The van der Waals surface area contributed by atoms with Crippen LogP contribution in [0.3, 0.4) is 0 Å². The highest BCUT2D eigenvalue weighted by atomic mass is 16.5. The molecule has 1 aromatic heterocycles. The Kier molecular flexibility index (Phi) is 5.11. The maximum atomic E-state index is 5.84. The first-order valence-corrected chi connectivity index (χ1v) is 6.96. The number of methoxy groups -OCH3 is 2. The van der Waals surface area contributed by atoms with Crippen molar-refractivity contribution in [2.75, 3.05) is 24.8 Å². The third-order valence-corrected chi connectivity index (χ3v) is 3.48. The van der Waals surface area contributed by atoms with Crippen LogP contribution < -0.4 is 25.8 Å². The molecule has 0 unspecified atom stereocenters. The third-order valence-electron chi connectivity index (χ3n) is 3.48. The SMILES string of the molecule is BN(Cc1ccc(OC)cc1OC)c1ccc(N)c(CN)n1. The van der Waals surface area contributed by atoms with Crippen molar-refractivity contribution in [3.63, 3.8) is 0 Å². The summed E-state index contributed by atoms with van der Waals surface area (Å²) in [5, 5.41) is 0. The molecule has 116 valence electrons. The van der Waals surface area contributed by atoms with E-state index in [1.165, 1.54) is 0 Å². The van der Waals surface area contributed by atoms with Gasteiger partial charge in [0.15, 0.2) is 0 Å². The van der Waals surface area contributed by atoms with Gasteiger partial charge in [-0.15, -0.1) is 0 Å². The standard InChI is InChI=1S/C15H21BN4O2/c1-21-11-4-3-10(14(7-11)22-2)9-20(16)15-6-5-12(18)13(8-17)19-15/h3-7H,8-9,16-18H2,1-2H3. The van der Waals surface area contributed by atoms with Crippen LogP contribution in [0.1, 0.15) is 11.3 Å². The molecule has 0 spiro atoms. The lowest BCUT2D eigenvalue weighted by molar-refractivity contribution is 0.391. The Morgan fingerprint density at radius 1 is 1.18 bits per heavy atom. The first-order valence-electron chi connectivity index (χ1n) is 6.96. The molecule has 0 fully saturated rings. The van der Waals surface area contributed by atoms with Gasteiger partial charge in [-0.2, -0.15) is 0 Å². The molecule has 0 saturated heterocycles. The molecule has 7 heteroatoms. The summed E-state index contributed by atoms with van der Waals surface area (Å²) in [6.07, 6.45) is 0. The molecule has 0 aliphatic heterocycles. The van der Waals surface area contributed by atoms with Gasteiger partial charge in [0.25, 0.3) is 0 Å². The van der Waals surface area contributed by atoms with Crippen LogP contribution in [0, 0.1) is 0 Å². The molecule has 0 atom stereocenters. The second-order valence-corrected chi connectivity index (χ2v) is 4.94. The first-order chi connectivity index (χ1) is 10.6. The van der Waals surface area contributed by atoms with E-state index >= 15 is 0 Å². The Balaban J connectivity index is 2.23. The second-order valence-electron chi connectivity index (χ2n) is 4.94. The van der Waals surface area contributed by atoms with Crippen LogP contribution in [0.2, 0.25) is 0 Å². The van der Waals surface area contributed by atoms with Crippen LogP contribution in [0.15, 0.2) is 30.3 Å². The minimum atomic E-state index is 0.319. The molecule has 22 heavy (non-hydrogen) atoms. The summed E-state index contributed by atoms with van der Waals surface area (Å²) >= 11 is 0. The number of anilines is 2. The summed E-state index contributed by atoms with van der Waals surface area (Å²) in [6, 6.07) is 9.46. The lowest BCUT2D eigenvalue weighted by Crippen LogP contribution is -2.21. The first kappa shape index (κ1) is 16.0. The van der Waals surface area contributed by atoms with E-state index in [4.69, 9.17) is 20.9 Å². The lowest BCUT2D eigenvalue weighted by Gasteiger charge is -2.21. The number of benzene rings is 1. The van der Waals surface area contributed by atoms with Crippen molar-refractivity contribution in [1.29, 1.82) is 0 Å². The molecule has 0 radical (unpaired) electrons. The zero-order valence-corrected chi connectivity index (χ0v) is 13.2. The van der Waals surface area contributed by atoms with E-state index in [1.807, 2.05) is 43.1 Å². The molecule has 2 rings (SSSR count). The maximum absolute atomic E-state index is 5.84. The lowest BCUT2D eigenvalue weighted by atomic mass is 10.1. The molecule has 0 bridgehead atoms. The number of aromatic nitrogens is 1. The van der Waals surface area contributed by atoms with E-state index < -0.39 is 0 Å².